The number of benzene rings is 4. The summed E-state index contributed by atoms with van der Waals surface area (Å²) in [6.07, 6.45) is -1.20. The maximum absolute atomic E-state index is 14.1. The summed E-state index contributed by atoms with van der Waals surface area (Å²) in [5.74, 6) is -1.36. The lowest BCUT2D eigenvalue weighted by atomic mass is 9.98. The molecule has 7 rings (SSSR count). The predicted octanol–water partition coefficient (Wildman–Crippen LogP) is 8.04. The van der Waals surface area contributed by atoms with Gasteiger partial charge in [0.1, 0.15) is 0 Å². The SMILES string of the molecule is O=C(O)c1ccc(C2(NC(=O)c3cc(-c4ccc(C(F)(F)F)cc4)cc4ccn(Cc5ccc6ccccc6n5)c34)CC2)cc1. The van der Waals surface area contributed by atoms with Gasteiger partial charge in [0.2, 0.25) is 0 Å². The van der Waals surface area contributed by atoms with E-state index in [1.807, 2.05) is 59.3 Å². The molecule has 6 nitrogen and oxygen atoms in total. The van der Waals surface area contributed by atoms with Crippen LogP contribution in [-0.4, -0.2) is 26.5 Å². The summed E-state index contributed by atoms with van der Waals surface area (Å²) in [4.78, 5) is 30.3. The Labute approximate surface area is 255 Å². The average molecular weight is 606 g/mol. The van der Waals surface area contributed by atoms with Gasteiger partial charge in [0.25, 0.3) is 5.91 Å². The maximum Gasteiger partial charge on any atom is 0.416 e. The molecule has 0 radical (unpaired) electrons. The van der Waals surface area contributed by atoms with E-state index in [-0.39, 0.29) is 11.5 Å². The number of hydrogen-bond acceptors (Lipinski definition) is 3. The van der Waals surface area contributed by atoms with Crippen molar-refractivity contribution in [2.75, 3.05) is 0 Å². The fourth-order valence-corrected chi connectivity index (χ4v) is 5.87. The van der Waals surface area contributed by atoms with E-state index in [0.717, 1.165) is 39.7 Å². The Morgan fingerprint density at radius 1 is 0.844 bits per heavy atom. The van der Waals surface area contributed by atoms with Gasteiger partial charge in [-0.25, -0.2) is 4.79 Å². The monoisotopic (exact) mass is 605 g/mol. The van der Waals surface area contributed by atoms with Crippen molar-refractivity contribution in [3.63, 3.8) is 0 Å². The predicted molar refractivity (Wildman–Crippen MR) is 165 cm³/mol. The number of carbonyl (C=O) groups excluding carboxylic acids is 1. The Bertz CT molecular complexity index is 2100. The van der Waals surface area contributed by atoms with Crippen LogP contribution in [0.25, 0.3) is 32.9 Å². The molecule has 0 aliphatic heterocycles. The maximum atomic E-state index is 14.1. The quantitative estimate of drug-likeness (QED) is 0.193. The van der Waals surface area contributed by atoms with E-state index >= 15 is 0 Å². The number of alkyl halides is 3. The number of aromatic carboxylic acids is 1. The lowest BCUT2D eigenvalue weighted by Gasteiger charge is -2.20. The molecule has 4 aromatic carbocycles. The third-order valence-corrected chi connectivity index (χ3v) is 8.43. The van der Waals surface area contributed by atoms with Crippen molar-refractivity contribution in [2.24, 2.45) is 0 Å². The minimum absolute atomic E-state index is 0.159. The smallest absolute Gasteiger partial charge is 0.416 e. The van der Waals surface area contributed by atoms with Gasteiger partial charge in [0.15, 0.2) is 0 Å². The average Bonchev–Trinajstić information content (AvgIpc) is 3.71. The first kappa shape index (κ1) is 28.3. The van der Waals surface area contributed by atoms with Gasteiger partial charge in [-0.1, -0.05) is 48.5 Å². The van der Waals surface area contributed by atoms with E-state index in [9.17, 15) is 27.9 Å². The van der Waals surface area contributed by atoms with Gasteiger partial charge in [-0.3, -0.25) is 9.78 Å². The van der Waals surface area contributed by atoms with Crippen LogP contribution in [0, 0.1) is 0 Å². The van der Waals surface area contributed by atoms with E-state index in [1.54, 1.807) is 18.2 Å². The minimum Gasteiger partial charge on any atom is -0.478 e. The molecule has 0 bridgehead atoms. The van der Waals surface area contributed by atoms with Crippen LogP contribution >= 0.6 is 0 Å². The molecule has 0 saturated heterocycles. The van der Waals surface area contributed by atoms with Crippen molar-refractivity contribution >= 4 is 33.7 Å². The van der Waals surface area contributed by atoms with Gasteiger partial charge in [0, 0.05) is 17.0 Å². The number of rotatable bonds is 7. The number of carboxylic acids is 1. The number of pyridine rings is 1. The van der Waals surface area contributed by atoms with Gasteiger partial charge in [-0.2, -0.15) is 13.2 Å². The third-order valence-electron chi connectivity index (χ3n) is 8.43. The largest absolute Gasteiger partial charge is 0.478 e. The van der Waals surface area contributed by atoms with E-state index < -0.39 is 23.2 Å². The highest BCUT2D eigenvalue weighted by atomic mass is 19.4. The number of amides is 1. The number of carboxylic acid groups (broad SMARTS) is 1. The van der Waals surface area contributed by atoms with Crippen LogP contribution in [0.2, 0.25) is 0 Å². The summed E-state index contributed by atoms with van der Waals surface area (Å²) in [5.41, 5.74) is 3.47. The first-order chi connectivity index (χ1) is 21.6. The van der Waals surface area contributed by atoms with Gasteiger partial charge >= 0.3 is 12.1 Å². The zero-order valence-electron chi connectivity index (χ0n) is 23.8. The summed E-state index contributed by atoms with van der Waals surface area (Å²) in [7, 11) is 0. The molecule has 1 aliphatic carbocycles. The van der Waals surface area contributed by atoms with Crippen molar-refractivity contribution in [3.8, 4) is 11.1 Å². The lowest BCUT2D eigenvalue weighted by Crippen LogP contribution is -2.35. The van der Waals surface area contributed by atoms with Crippen molar-refractivity contribution in [3.05, 3.63) is 137 Å². The zero-order valence-corrected chi connectivity index (χ0v) is 23.8. The number of nitrogens with one attached hydrogen (secondary N) is 1. The van der Waals surface area contributed by atoms with Gasteiger partial charge in [-0.15, -0.1) is 0 Å². The molecule has 1 amide bonds. The topological polar surface area (TPSA) is 84.2 Å². The fourth-order valence-electron chi connectivity index (χ4n) is 5.87. The van der Waals surface area contributed by atoms with E-state index in [1.165, 1.54) is 24.3 Å². The number of fused-ring (bicyclic) bond motifs is 2. The summed E-state index contributed by atoms with van der Waals surface area (Å²) < 4.78 is 41.7. The van der Waals surface area contributed by atoms with E-state index in [4.69, 9.17) is 4.98 Å². The van der Waals surface area contributed by atoms with Crippen molar-refractivity contribution in [2.45, 2.75) is 31.1 Å². The van der Waals surface area contributed by atoms with Crippen LogP contribution in [0.15, 0.2) is 109 Å². The van der Waals surface area contributed by atoms with Crippen molar-refractivity contribution in [1.82, 2.24) is 14.9 Å². The summed E-state index contributed by atoms with van der Waals surface area (Å²) >= 11 is 0. The Hall–Kier alpha value is -5.44. The summed E-state index contributed by atoms with van der Waals surface area (Å²) in [6.45, 7) is 0.399. The van der Waals surface area contributed by atoms with Gasteiger partial charge in [0.05, 0.1) is 45.5 Å². The molecule has 0 spiro atoms. The van der Waals surface area contributed by atoms with Crippen LogP contribution < -0.4 is 5.32 Å². The number of halogens is 3. The minimum atomic E-state index is -4.46. The van der Waals surface area contributed by atoms with Crippen LogP contribution in [0.3, 0.4) is 0 Å². The number of carbonyl (C=O) groups is 2. The van der Waals surface area contributed by atoms with Crippen LogP contribution in [-0.2, 0) is 18.3 Å². The molecule has 2 heterocycles. The second kappa shape index (κ2) is 10.6. The fraction of sp³-hybridized carbons (Fsp3) is 0.139. The van der Waals surface area contributed by atoms with Crippen molar-refractivity contribution < 1.29 is 27.9 Å². The molecule has 2 aromatic heterocycles. The first-order valence-electron chi connectivity index (χ1n) is 14.4. The molecule has 9 heteroatoms. The molecule has 2 N–H and O–H groups in total. The number of nitrogens with zero attached hydrogens (tertiary/aromatic N) is 2. The third kappa shape index (κ3) is 5.42. The van der Waals surface area contributed by atoms with Crippen LogP contribution in [0.4, 0.5) is 13.2 Å². The molecule has 1 aliphatic rings. The summed E-state index contributed by atoms with van der Waals surface area (Å²) in [6, 6.07) is 28.6. The first-order valence-corrected chi connectivity index (χ1v) is 14.4. The molecule has 1 fully saturated rings. The van der Waals surface area contributed by atoms with Crippen LogP contribution in [0.5, 0.6) is 0 Å². The molecule has 0 unspecified atom stereocenters. The van der Waals surface area contributed by atoms with E-state index in [2.05, 4.69) is 5.32 Å². The molecule has 45 heavy (non-hydrogen) atoms. The molecular formula is C36H26F3N3O3. The molecular weight excluding hydrogens is 579 g/mol. The van der Waals surface area contributed by atoms with Crippen LogP contribution in [0.1, 0.15) is 50.4 Å². The second-order valence-electron chi connectivity index (χ2n) is 11.4. The Kier molecular flexibility index (Phi) is 6.69. The van der Waals surface area contributed by atoms with Gasteiger partial charge in [-0.05, 0) is 84.1 Å². The highest BCUT2D eigenvalue weighted by Gasteiger charge is 2.46. The Balaban J connectivity index is 1.29. The zero-order chi connectivity index (χ0) is 31.3. The second-order valence-corrected chi connectivity index (χ2v) is 11.4. The highest BCUT2D eigenvalue weighted by molar-refractivity contribution is 6.08. The normalized spacial score (nSPS) is 14.0. The number of para-hydroxylation sites is 1. The molecule has 6 aromatic rings. The number of hydrogen-bond donors (Lipinski definition) is 2. The standard InChI is InChI=1S/C36H26F3N3O3/c37-36(38,39)28-12-5-22(6-13-28)26-19-25-15-18-42(21-29-14-9-23-3-1-2-4-31(23)40-29)32(25)30(20-26)33(43)41-35(16-17-35)27-10-7-24(8-11-27)34(44)45/h1-15,18-20H,16-17,21H2,(H,41,43)(H,44,45). The highest BCUT2D eigenvalue weighted by Crippen LogP contribution is 2.46. The van der Waals surface area contributed by atoms with E-state index in [0.29, 0.717) is 41.6 Å². The Morgan fingerprint density at radius 2 is 1.58 bits per heavy atom. The van der Waals surface area contributed by atoms with Gasteiger partial charge < -0.3 is 15.0 Å². The lowest BCUT2D eigenvalue weighted by molar-refractivity contribution is -0.137. The number of aromatic nitrogens is 2. The Morgan fingerprint density at radius 3 is 2.27 bits per heavy atom. The van der Waals surface area contributed by atoms with Crippen molar-refractivity contribution in [1.29, 1.82) is 0 Å². The molecule has 1 saturated carbocycles. The molecule has 0 atom stereocenters. The molecule has 224 valence electrons. The summed E-state index contributed by atoms with van der Waals surface area (Å²) in [5, 5.41) is 14.3.